The molecule has 0 aliphatic carbocycles. The summed E-state index contributed by atoms with van der Waals surface area (Å²) in [7, 11) is 0. The van der Waals surface area contributed by atoms with Crippen LogP contribution >= 0.6 is 0 Å². The molecule has 0 bridgehead atoms. The summed E-state index contributed by atoms with van der Waals surface area (Å²) in [5.41, 5.74) is 4.57. The lowest BCUT2D eigenvalue weighted by Crippen LogP contribution is -2.26. The van der Waals surface area contributed by atoms with Gasteiger partial charge in [0.1, 0.15) is 0 Å². The fraction of sp³-hybridized carbons (Fsp3) is 0.412. The second kappa shape index (κ2) is 4.72. The summed E-state index contributed by atoms with van der Waals surface area (Å²) in [5.74, 6) is 0.838. The highest BCUT2D eigenvalue weighted by atomic mass is 16.6. The molecule has 1 amide bonds. The van der Waals surface area contributed by atoms with Crippen molar-refractivity contribution in [2.75, 3.05) is 5.32 Å². The fourth-order valence-corrected chi connectivity index (χ4v) is 2.76. The van der Waals surface area contributed by atoms with Gasteiger partial charge in [-0.25, -0.2) is 0 Å². The lowest BCUT2D eigenvalue weighted by molar-refractivity contribution is -0.119. The lowest BCUT2D eigenvalue weighted by atomic mass is 9.85. The van der Waals surface area contributed by atoms with Gasteiger partial charge >= 0.3 is 0 Å². The Bertz CT molecular complexity index is 684. The third-order valence-corrected chi connectivity index (χ3v) is 4.31. The number of amides is 1. The first-order valence-corrected chi connectivity index (χ1v) is 7.26. The topological polar surface area (TPSA) is 50.7 Å². The van der Waals surface area contributed by atoms with E-state index in [2.05, 4.69) is 17.4 Å². The number of fused-ring (bicyclic) bond motifs is 1. The maximum Gasteiger partial charge on any atom is 0.234 e. The predicted molar refractivity (Wildman–Crippen MR) is 84.1 cm³/mol. The van der Waals surface area contributed by atoms with E-state index in [0.717, 1.165) is 41.1 Å². The molecule has 2 heterocycles. The number of nitrogens with one attached hydrogen (secondary N) is 1. The average Bonchev–Trinajstić information content (AvgIpc) is 2.57. The number of allylic oxidation sites excluding steroid dienone is 1. The van der Waals surface area contributed by atoms with Crippen LogP contribution in [0, 0.1) is 0 Å². The van der Waals surface area contributed by atoms with Crippen molar-refractivity contribution < 1.29 is 9.63 Å². The van der Waals surface area contributed by atoms with Crippen LogP contribution in [0.1, 0.15) is 51.7 Å². The predicted octanol–water partition coefficient (Wildman–Crippen LogP) is 3.83. The summed E-state index contributed by atoms with van der Waals surface area (Å²) in [5, 5.41) is 7.09. The first-order chi connectivity index (χ1) is 9.89. The monoisotopic (exact) mass is 284 g/mol. The molecule has 0 spiro atoms. The first kappa shape index (κ1) is 13.9. The highest BCUT2D eigenvalue weighted by Gasteiger charge is 2.38. The molecule has 21 heavy (non-hydrogen) atoms. The minimum atomic E-state index is -0.476. The zero-order valence-corrected chi connectivity index (χ0v) is 12.9. The minimum absolute atomic E-state index is 0.0380. The fourth-order valence-electron chi connectivity index (χ4n) is 2.76. The molecular weight excluding hydrogens is 264 g/mol. The van der Waals surface area contributed by atoms with Gasteiger partial charge in [-0.15, -0.1) is 0 Å². The molecule has 0 fully saturated rings. The molecule has 2 aliphatic heterocycles. The second-order valence-electron chi connectivity index (χ2n) is 6.37. The Hall–Kier alpha value is -2.10. The Balaban J connectivity index is 2.03. The van der Waals surface area contributed by atoms with Gasteiger partial charge in [0.15, 0.2) is 5.76 Å². The van der Waals surface area contributed by atoms with Gasteiger partial charge < -0.3 is 10.2 Å². The van der Waals surface area contributed by atoms with Crippen LogP contribution in [0.5, 0.6) is 0 Å². The van der Waals surface area contributed by atoms with E-state index in [4.69, 9.17) is 4.84 Å². The van der Waals surface area contributed by atoms with E-state index >= 15 is 0 Å². The highest BCUT2D eigenvalue weighted by Crippen LogP contribution is 2.39. The van der Waals surface area contributed by atoms with Gasteiger partial charge in [-0.05, 0) is 57.7 Å². The summed E-state index contributed by atoms with van der Waals surface area (Å²) < 4.78 is 0. The van der Waals surface area contributed by atoms with E-state index in [1.807, 2.05) is 39.0 Å². The summed E-state index contributed by atoms with van der Waals surface area (Å²) in [6.45, 7) is 7.92. The van der Waals surface area contributed by atoms with Crippen LogP contribution in [0.15, 0.2) is 28.9 Å². The number of nitrogens with zero attached hydrogens (tertiary/aromatic N) is 1. The summed E-state index contributed by atoms with van der Waals surface area (Å²) in [6, 6.07) is 6.00. The standard InChI is InChI=1S/C17H20N2O2/c1-10-5-6-11(2)19-21-15(10)12-7-8-13-14(9-12)18-16(20)17(13,3)4/h7-9H,5-6H2,1-4H3,(H,18,20). The lowest BCUT2D eigenvalue weighted by Gasteiger charge is -2.15. The molecule has 1 N–H and O–H groups in total. The van der Waals surface area contributed by atoms with Gasteiger partial charge in [-0.3, -0.25) is 4.79 Å². The number of hydrogen-bond acceptors (Lipinski definition) is 3. The van der Waals surface area contributed by atoms with Crippen molar-refractivity contribution in [3.8, 4) is 0 Å². The first-order valence-electron chi connectivity index (χ1n) is 7.26. The largest absolute Gasteiger partial charge is 0.357 e. The van der Waals surface area contributed by atoms with Gasteiger partial charge in [0.05, 0.1) is 11.1 Å². The Kier molecular flexibility index (Phi) is 3.12. The molecule has 0 aromatic heterocycles. The molecule has 4 nitrogen and oxygen atoms in total. The van der Waals surface area contributed by atoms with E-state index in [9.17, 15) is 4.79 Å². The van der Waals surface area contributed by atoms with E-state index in [1.165, 1.54) is 5.57 Å². The molecule has 2 aliphatic rings. The van der Waals surface area contributed by atoms with E-state index in [1.54, 1.807) is 0 Å². The van der Waals surface area contributed by atoms with E-state index < -0.39 is 5.41 Å². The molecule has 1 aromatic rings. The normalized spacial score (nSPS) is 20.4. The van der Waals surface area contributed by atoms with Gasteiger partial charge in [-0.1, -0.05) is 17.3 Å². The van der Waals surface area contributed by atoms with Crippen LogP contribution in [0.2, 0.25) is 0 Å². The van der Waals surface area contributed by atoms with Gasteiger partial charge in [0, 0.05) is 11.3 Å². The summed E-state index contributed by atoms with van der Waals surface area (Å²) >= 11 is 0. The number of benzene rings is 1. The number of rotatable bonds is 1. The number of carbonyl (C=O) groups excluding carboxylic acids is 1. The molecular formula is C17H20N2O2. The Morgan fingerprint density at radius 1 is 1.24 bits per heavy atom. The number of oxime groups is 1. The van der Waals surface area contributed by atoms with Crippen LogP contribution < -0.4 is 5.32 Å². The van der Waals surface area contributed by atoms with Crippen molar-refractivity contribution in [2.45, 2.75) is 46.0 Å². The number of carbonyl (C=O) groups is 1. The Morgan fingerprint density at radius 3 is 2.76 bits per heavy atom. The smallest absolute Gasteiger partial charge is 0.234 e. The van der Waals surface area contributed by atoms with Crippen molar-refractivity contribution >= 4 is 23.1 Å². The number of anilines is 1. The molecule has 1 aromatic carbocycles. The van der Waals surface area contributed by atoms with E-state index in [0.29, 0.717) is 0 Å². The zero-order valence-electron chi connectivity index (χ0n) is 12.9. The van der Waals surface area contributed by atoms with Crippen molar-refractivity contribution in [1.29, 1.82) is 0 Å². The molecule has 3 rings (SSSR count). The number of hydrogen-bond donors (Lipinski definition) is 1. The van der Waals surface area contributed by atoms with Crippen molar-refractivity contribution in [1.82, 2.24) is 0 Å². The molecule has 0 saturated heterocycles. The summed E-state index contributed by atoms with van der Waals surface area (Å²) in [6.07, 6.45) is 1.86. The van der Waals surface area contributed by atoms with Gasteiger partial charge in [-0.2, -0.15) is 0 Å². The van der Waals surface area contributed by atoms with Crippen molar-refractivity contribution in [3.05, 3.63) is 34.9 Å². The molecule has 0 radical (unpaired) electrons. The van der Waals surface area contributed by atoms with Gasteiger partial charge in [0.2, 0.25) is 5.91 Å². The van der Waals surface area contributed by atoms with Crippen LogP contribution in [0.3, 0.4) is 0 Å². The van der Waals surface area contributed by atoms with Crippen molar-refractivity contribution in [2.24, 2.45) is 5.16 Å². The van der Waals surface area contributed by atoms with Crippen LogP contribution in [-0.4, -0.2) is 11.6 Å². The highest BCUT2D eigenvalue weighted by molar-refractivity contribution is 6.06. The Morgan fingerprint density at radius 2 is 2.00 bits per heavy atom. The Labute approximate surface area is 124 Å². The van der Waals surface area contributed by atoms with Crippen LogP contribution in [0.25, 0.3) is 5.76 Å². The van der Waals surface area contributed by atoms with Crippen LogP contribution in [-0.2, 0) is 15.0 Å². The maximum atomic E-state index is 12.0. The molecule has 0 saturated carbocycles. The second-order valence-corrected chi connectivity index (χ2v) is 6.37. The van der Waals surface area contributed by atoms with E-state index in [-0.39, 0.29) is 5.91 Å². The molecule has 110 valence electrons. The third-order valence-electron chi connectivity index (χ3n) is 4.31. The minimum Gasteiger partial charge on any atom is -0.357 e. The average molecular weight is 284 g/mol. The molecule has 4 heteroatoms. The zero-order chi connectivity index (χ0) is 15.2. The SMILES string of the molecule is CC1=NOC(c2ccc3c(c2)NC(=O)C3(C)C)=C(C)CC1. The van der Waals surface area contributed by atoms with Gasteiger partial charge in [0.25, 0.3) is 0 Å². The quantitative estimate of drug-likeness (QED) is 0.852. The van der Waals surface area contributed by atoms with Crippen molar-refractivity contribution in [3.63, 3.8) is 0 Å². The molecule has 0 atom stereocenters. The maximum absolute atomic E-state index is 12.0. The van der Waals surface area contributed by atoms with Crippen LogP contribution in [0.4, 0.5) is 5.69 Å². The third kappa shape index (κ3) is 2.24. The molecule has 0 unspecified atom stereocenters. The summed E-state index contributed by atoms with van der Waals surface area (Å²) in [4.78, 5) is 17.6.